The normalized spacial score (nSPS) is 8.70. The van der Waals surface area contributed by atoms with Crippen molar-refractivity contribution in [2.75, 3.05) is 0 Å². The van der Waals surface area contributed by atoms with E-state index in [2.05, 4.69) is 0 Å². The van der Waals surface area contributed by atoms with Crippen LogP contribution in [0.5, 0.6) is 0 Å². The molecule has 2 N–H and O–H groups in total. The summed E-state index contributed by atoms with van der Waals surface area (Å²) in [5.74, 6) is -0.446. The number of carbonyl (C=O) groups excluding carboxylic acids is 1. The van der Waals surface area contributed by atoms with Gasteiger partial charge in [-0.15, -0.1) is 0 Å². The molecule has 0 aliphatic heterocycles. The predicted molar refractivity (Wildman–Crippen MR) is 38.6 cm³/mol. The molecule has 0 heterocycles. The Morgan fingerprint density at radius 2 is 2.00 bits per heavy atom. The quantitative estimate of drug-likeness (QED) is 0.355. The molecule has 0 aromatic carbocycles. The van der Waals surface area contributed by atoms with E-state index in [1.54, 1.807) is 5.48 Å². The fourth-order valence-corrected chi connectivity index (χ4v) is 0.672. The summed E-state index contributed by atoms with van der Waals surface area (Å²) in [5, 5.41) is 8.13. The van der Waals surface area contributed by atoms with Crippen molar-refractivity contribution in [3.8, 4) is 0 Å². The van der Waals surface area contributed by atoms with Crippen LogP contribution in [0.4, 0.5) is 0 Å². The lowest BCUT2D eigenvalue weighted by Crippen LogP contribution is -2.15. The summed E-state index contributed by atoms with van der Waals surface area (Å²) in [6.07, 6.45) is 3.12. The molecule has 0 aliphatic rings. The van der Waals surface area contributed by atoms with Gasteiger partial charge in [0.05, 0.1) is 0 Å². The first-order valence-corrected chi connectivity index (χ1v) is 3.38. The number of allylic oxidation sites excluding steroid dienone is 1. The zero-order valence-corrected chi connectivity index (χ0v) is 6.35. The van der Waals surface area contributed by atoms with Crippen molar-refractivity contribution >= 4 is 5.91 Å². The average Bonchev–Trinajstić information content (AvgIpc) is 1.99. The zero-order valence-electron chi connectivity index (χ0n) is 6.35. The van der Waals surface area contributed by atoms with Gasteiger partial charge in [-0.05, 0) is 12.8 Å². The maximum atomic E-state index is 10.5. The second-order valence-corrected chi connectivity index (χ2v) is 1.99. The van der Waals surface area contributed by atoms with Crippen molar-refractivity contribution in [2.24, 2.45) is 0 Å². The van der Waals surface area contributed by atoms with Crippen LogP contribution in [0.25, 0.3) is 0 Å². The zero-order chi connectivity index (χ0) is 7.98. The van der Waals surface area contributed by atoms with Gasteiger partial charge in [0.2, 0.25) is 0 Å². The fraction of sp³-hybridized carbons (Fsp3) is 0.571. The Morgan fingerprint density at radius 3 is 2.30 bits per heavy atom. The topological polar surface area (TPSA) is 49.3 Å². The van der Waals surface area contributed by atoms with E-state index in [1.165, 1.54) is 6.08 Å². The smallest absolute Gasteiger partial charge is 0.267 e. The minimum absolute atomic E-state index is 0.446. The van der Waals surface area contributed by atoms with Crippen LogP contribution in [0.15, 0.2) is 11.6 Å². The largest absolute Gasteiger partial charge is 0.288 e. The standard InChI is InChI=1S/C7H13NO2/c1-3-6(4-2)5-7(9)8-10/h5,10H,3-4H2,1-2H3,(H,8,9). The molecule has 0 rings (SSSR count). The van der Waals surface area contributed by atoms with Crippen LogP contribution in [0.1, 0.15) is 26.7 Å². The number of hydroxylamine groups is 1. The molecule has 0 spiro atoms. The van der Waals surface area contributed by atoms with E-state index < -0.39 is 5.91 Å². The third-order valence-electron chi connectivity index (χ3n) is 1.35. The number of hydrogen-bond donors (Lipinski definition) is 2. The van der Waals surface area contributed by atoms with Crippen molar-refractivity contribution in [1.29, 1.82) is 0 Å². The van der Waals surface area contributed by atoms with Crippen LogP contribution in [0, 0.1) is 0 Å². The summed E-state index contributed by atoms with van der Waals surface area (Å²) >= 11 is 0. The highest BCUT2D eigenvalue weighted by molar-refractivity contribution is 5.87. The molecule has 0 aromatic rings. The summed E-state index contributed by atoms with van der Waals surface area (Å²) in [4.78, 5) is 10.5. The van der Waals surface area contributed by atoms with Crippen LogP contribution in [0.2, 0.25) is 0 Å². The molecule has 0 saturated heterocycles. The van der Waals surface area contributed by atoms with Crippen molar-refractivity contribution in [1.82, 2.24) is 5.48 Å². The summed E-state index contributed by atoms with van der Waals surface area (Å²) in [6.45, 7) is 3.94. The van der Waals surface area contributed by atoms with E-state index in [1.807, 2.05) is 13.8 Å². The fourth-order valence-electron chi connectivity index (χ4n) is 0.672. The number of hydrogen-bond acceptors (Lipinski definition) is 2. The second kappa shape index (κ2) is 4.99. The molecule has 1 amide bonds. The van der Waals surface area contributed by atoms with Crippen LogP contribution in [0.3, 0.4) is 0 Å². The number of carbonyl (C=O) groups is 1. The summed E-state index contributed by atoms with van der Waals surface area (Å²) in [7, 11) is 0. The molecule has 3 nitrogen and oxygen atoms in total. The van der Waals surface area contributed by atoms with Crippen LogP contribution in [-0.4, -0.2) is 11.1 Å². The van der Waals surface area contributed by atoms with Gasteiger partial charge in [0.25, 0.3) is 5.91 Å². The lowest BCUT2D eigenvalue weighted by molar-refractivity contribution is -0.124. The SMILES string of the molecule is CCC(=CC(=O)NO)CC. The van der Waals surface area contributed by atoms with Gasteiger partial charge < -0.3 is 0 Å². The molecular formula is C7H13NO2. The highest BCUT2D eigenvalue weighted by Gasteiger charge is 1.94. The van der Waals surface area contributed by atoms with E-state index in [0.717, 1.165) is 18.4 Å². The molecule has 0 aromatic heterocycles. The Labute approximate surface area is 60.7 Å². The first-order valence-electron chi connectivity index (χ1n) is 3.38. The molecule has 0 atom stereocenters. The maximum absolute atomic E-state index is 10.5. The molecule has 3 heteroatoms. The van der Waals surface area contributed by atoms with Gasteiger partial charge >= 0.3 is 0 Å². The number of rotatable bonds is 3. The first-order chi connectivity index (χ1) is 4.74. The van der Waals surface area contributed by atoms with Gasteiger partial charge in [-0.2, -0.15) is 0 Å². The molecule has 0 aliphatic carbocycles. The molecule has 10 heavy (non-hydrogen) atoms. The monoisotopic (exact) mass is 143 g/mol. The van der Waals surface area contributed by atoms with E-state index in [-0.39, 0.29) is 0 Å². The third-order valence-corrected chi connectivity index (χ3v) is 1.35. The molecule has 0 radical (unpaired) electrons. The Morgan fingerprint density at radius 1 is 1.50 bits per heavy atom. The van der Waals surface area contributed by atoms with Crippen molar-refractivity contribution < 1.29 is 10.0 Å². The average molecular weight is 143 g/mol. The van der Waals surface area contributed by atoms with Crippen molar-refractivity contribution in [3.05, 3.63) is 11.6 Å². The molecule has 0 saturated carbocycles. The lowest BCUT2D eigenvalue weighted by atomic mass is 10.1. The highest BCUT2D eigenvalue weighted by Crippen LogP contribution is 2.03. The summed E-state index contributed by atoms with van der Waals surface area (Å²) in [5.41, 5.74) is 2.58. The maximum Gasteiger partial charge on any atom is 0.267 e. The summed E-state index contributed by atoms with van der Waals surface area (Å²) < 4.78 is 0. The predicted octanol–water partition coefficient (Wildman–Crippen LogP) is 1.24. The minimum atomic E-state index is -0.446. The van der Waals surface area contributed by atoms with E-state index in [4.69, 9.17) is 5.21 Å². The third kappa shape index (κ3) is 3.25. The van der Waals surface area contributed by atoms with Gasteiger partial charge in [-0.1, -0.05) is 19.4 Å². The van der Waals surface area contributed by atoms with E-state index in [0.29, 0.717) is 0 Å². The Kier molecular flexibility index (Phi) is 4.58. The molecule has 0 unspecified atom stereocenters. The van der Waals surface area contributed by atoms with E-state index >= 15 is 0 Å². The second-order valence-electron chi connectivity index (χ2n) is 1.99. The van der Waals surface area contributed by atoms with Crippen LogP contribution < -0.4 is 5.48 Å². The van der Waals surface area contributed by atoms with Gasteiger partial charge in [0.15, 0.2) is 0 Å². The molecular weight excluding hydrogens is 130 g/mol. The van der Waals surface area contributed by atoms with Crippen molar-refractivity contribution in [2.45, 2.75) is 26.7 Å². The first kappa shape index (κ1) is 9.17. The van der Waals surface area contributed by atoms with Gasteiger partial charge in [0.1, 0.15) is 0 Å². The Bertz CT molecular complexity index is 135. The Balaban J connectivity index is 3.96. The van der Waals surface area contributed by atoms with Crippen LogP contribution in [-0.2, 0) is 4.79 Å². The van der Waals surface area contributed by atoms with Gasteiger partial charge in [-0.3, -0.25) is 10.0 Å². The molecule has 0 bridgehead atoms. The molecule has 0 fully saturated rings. The Hall–Kier alpha value is -0.830. The van der Waals surface area contributed by atoms with E-state index in [9.17, 15) is 4.79 Å². The van der Waals surface area contributed by atoms with Gasteiger partial charge in [-0.25, -0.2) is 5.48 Å². The number of nitrogens with one attached hydrogen (secondary N) is 1. The highest BCUT2D eigenvalue weighted by atomic mass is 16.5. The van der Waals surface area contributed by atoms with Crippen LogP contribution >= 0.6 is 0 Å². The van der Waals surface area contributed by atoms with Gasteiger partial charge in [0, 0.05) is 6.08 Å². The van der Waals surface area contributed by atoms with Crippen molar-refractivity contribution in [3.63, 3.8) is 0 Å². The lowest BCUT2D eigenvalue weighted by Gasteiger charge is -1.97. The molecule has 58 valence electrons. The summed E-state index contributed by atoms with van der Waals surface area (Å²) in [6, 6.07) is 0. The number of amides is 1. The minimum Gasteiger partial charge on any atom is -0.288 e.